The molecule has 0 radical (unpaired) electrons. The van der Waals surface area contributed by atoms with Crippen LogP contribution in [0.25, 0.3) is 0 Å². The number of nitrogens with zero attached hydrogens (tertiary/aromatic N) is 2. The van der Waals surface area contributed by atoms with Crippen LogP contribution in [-0.2, 0) is 20.7 Å². The SMILES string of the molecule is CCCCC(=O)N(CCCOCC)CC(=O)N1CCc2sccc2C1c1ccc(Cl)cc1. The second-order valence-corrected chi connectivity index (χ2v) is 9.50. The van der Waals surface area contributed by atoms with Crippen molar-refractivity contribution in [3.05, 3.63) is 56.7 Å². The van der Waals surface area contributed by atoms with E-state index in [4.69, 9.17) is 16.3 Å². The van der Waals surface area contributed by atoms with E-state index < -0.39 is 0 Å². The van der Waals surface area contributed by atoms with Crippen molar-refractivity contribution in [1.29, 1.82) is 0 Å². The monoisotopic (exact) mass is 476 g/mol. The number of carbonyl (C=O) groups is 2. The number of halogens is 1. The lowest BCUT2D eigenvalue weighted by atomic mass is 9.93. The third kappa shape index (κ3) is 6.33. The Morgan fingerprint density at radius 3 is 2.69 bits per heavy atom. The van der Waals surface area contributed by atoms with Gasteiger partial charge in [0.25, 0.3) is 0 Å². The summed E-state index contributed by atoms with van der Waals surface area (Å²) >= 11 is 7.85. The van der Waals surface area contributed by atoms with Gasteiger partial charge in [-0.1, -0.05) is 37.1 Å². The standard InChI is InChI=1S/C25H33ClN2O3S/c1-3-5-7-23(29)27(14-6-16-31-4-2)18-24(30)28-15-12-22-21(13-17-32-22)25(28)19-8-10-20(26)11-9-19/h8-11,13,17,25H,3-7,12,14-16,18H2,1-2H3. The number of carbonyl (C=O) groups excluding carboxylic acids is 2. The molecule has 1 aliphatic rings. The first kappa shape index (κ1) is 24.7. The summed E-state index contributed by atoms with van der Waals surface area (Å²) < 4.78 is 5.44. The second kappa shape index (κ2) is 12.4. The Kier molecular flexibility index (Phi) is 9.57. The molecule has 1 unspecified atom stereocenters. The van der Waals surface area contributed by atoms with Crippen LogP contribution in [0.5, 0.6) is 0 Å². The Bertz CT molecular complexity index is 884. The highest BCUT2D eigenvalue weighted by Gasteiger charge is 2.33. The fourth-order valence-corrected chi connectivity index (χ4v) is 5.15. The van der Waals surface area contributed by atoms with Crippen molar-refractivity contribution in [1.82, 2.24) is 9.80 Å². The van der Waals surface area contributed by atoms with E-state index in [0.29, 0.717) is 37.7 Å². The Morgan fingerprint density at radius 2 is 1.97 bits per heavy atom. The number of unbranched alkanes of at least 4 members (excludes halogenated alkanes) is 1. The molecule has 1 atom stereocenters. The number of benzene rings is 1. The summed E-state index contributed by atoms with van der Waals surface area (Å²) in [4.78, 5) is 31.3. The quantitative estimate of drug-likeness (QED) is 0.412. The molecule has 0 aliphatic carbocycles. The van der Waals surface area contributed by atoms with Gasteiger partial charge < -0.3 is 14.5 Å². The largest absolute Gasteiger partial charge is 0.382 e. The van der Waals surface area contributed by atoms with Crippen LogP contribution in [0, 0.1) is 0 Å². The number of hydrogen-bond acceptors (Lipinski definition) is 4. The molecule has 174 valence electrons. The molecule has 1 aliphatic heterocycles. The molecule has 0 spiro atoms. The molecular formula is C25H33ClN2O3S. The fraction of sp³-hybridized carbons (Fsp3) is 0.520. The van der Waals surface area contributed by atoms with E-state index in [1.54, 1.807) is 16.2 Å². The predicted molar refractivity (Wildman–Crippen MR) is 130 cm³/mol. The maximum atomic E-state index is 13.5. The van der Waals surface area contributed by atoms with Gasteiger partial charge in [0.1, 0.15) is 0 Å². The van der Waals surface area contributed by atoms with Crippen LogP contribution in [0.1, 0.15) is 61.6 Å². The van der Waals surface area contributed by atoms with E-state index in [-0.39, 0.29) is 24.4 Å². The Labute approximate surface area is 200 Å². The lowest BCUT2D eigenvalue weighted by molar-refractivity contribution is -0.142. The molecule has 1 aromatic heterocycles. The summed E-state index contributed by atoms with van der Waals surface area (Å²) in [6, 6.07) is 9.69. The molecule has 2 aromatic rings. The summed E-state index contributed by atoms with van der Waals surface area (Å²) in [5.41, 5.74) is 2.22. The van der Waals surface area contributed by atoms with Gasteiger partial charge in [0.05, 0.1) is 12.6 Å². The number of thiophene rings is 1. The molecular weight excluding hydrogens is 444 g/mol. The van der Waals surface area contributed by atoms with Crippen LogP contribution in [0.4, 0.5) is 0 Å². The number of rotatable bonds is 11. The van der Waals surface area contributed by atoms with Crippen molar-refractivity contribution in [3.8, 4) is 0 Å². The molecule has 0 fully saturated rings. The Morgan fingerprint density at radius 1 is 1.19 bits per heavy atom. The summed E-state index contributed by atoms with van der Waals surface area (Å²) in [7, 11) is 0. The summed E-state index contributed by atoms with van der Waals surface area (Å²) in [5, 5.41) is 2.77. The third-order valence-electron chi connectivity index (χ3n) is 5.82. The predicted octanol–water partition coefficient (Wildman–Crippen LogP) is 5.32. The molecule has 0 bridgehead atoms. The maximum absolute atomic E-state index is 13.5. The van der Waals surface area contributed by atoms with Crippen LogP contribution >= 0.6 is 22.9 Å². The average Bonchev–Trinajstić information content (AvgIpc) is 3.28. The first-order valence-electron chi connectivity index (χ1n) is 11.5. The minimum atomic E-state index is -0.147. The highest BCUT2D eigenvalue weighted by Crippen LogP contribution is 2.38. The molecule has 0 saturated heterocycles. The zero-order chi connectivity index (χ0) is 22.9. The van der Waals surface area contributed by atoms with Crippen LogP contribution in [0.15, 0.2) is 35.7 Å². The Balaban J connectivity index is 1.78. The van der Waals surface area contributed by atoms with Crippen LogP contribution in [-0.4, -0.2) is 54.5 Å². The number of hydrogen-bond donors (Lipinski definition) is 0. The molecule has 32 heavy (non-hydrogen) atoms. The van der Waals surface area contributed by atoms with Crippen molar-refractivity contribution >= 4 is 34.8 Å². The highest BCUT2D eigenvalue weighted by atomic mass is 35.5. The minimum absolute atomic E-state index is 0.0111. The molecule has 2 amide bonds. The summed E-state index contributed by atoms with van der Waals surface area (Å²) in [6.45, 7) is 6.57. The van der Waals surface area contributed by atoms with Crippen LogP contribution < -0.4 is 0 Å². The van der Waals surface area contributed by atoms with Crippen LogP contribution in [0.3, 0.4) is 0 Å². The van der Waals surface area contributed by atoms with Crippen molar-refractivity contribution in [3.63, 3.8) is 0 Å². The van der Waals surface area contributed by atoms with Crippen molar-refractivity contribution in [2.75, 3.05) is 32.8 Å². The van der Waals surface area contributed by atoms with Crippen molar-refractivity contribution < 1.29 is 14.3 Å². The van der Waals surface area contributed by atoms with E-state index in [0.717, 1.165) is 31.2 Å². The lowest BCUT2D eigenvalue weighted by Crippen LogP contribution is -2.47. The normalized spacial score (nSPS) is 15.5. The van der Waals surface area contributed by atoms with Gasteiger partial charge in [-0.3, -0.25) is 9.59 Å². The molecule has 0 saturated carbocycles. The first-order chi connectivity index (χ1) is 15.5. The molecule has 1 aromatic carbocycles. The van der Waals surface area contributed by atoms with E-state index in [1.807, 2.05) is 36.1 Å². The van der Waals surface area contributed by atoms with Gasteiger partial charge in [-0.25, -0.2) is 0 Å². The molecule has 5 nitrogen and oxygen atoms in total. The van der Waals surface area contributed by atoms with E-state index in [2.05, 4.69) is 18.4 Å². The molecule has 3 rings (SSSR count). The Hall–Kier alpha value is -1.89. The van der Waals surface area contributed by atoms with E-state index in [1.165, 1.54) is 10.4 Å². The number of amides is 2. The van der Waals surface area contributed by atoms with E-state index in [9.17, 15) is 9.59 Å². The zero-order valence-electron chi connectivity index (χ0n) is 19.0. The first-order valence-corrected chi connectivity index (χ1v) is 12.8. The van der Waals surface area contributed by atoms with Gasteiger partial charge in [-0.15, -0.1) is 11.3 Å². The van der Waals surface area contributed by atoms with Crippen molar-refractivity contribution in [2.45, 2.75) is 52.0 Å². The average molecular weight is 477 g/mol. The van der Waals surface area contributed by atoms with Crippen molar-refractivity contribution in [2.24, 2.45) is 0 Å². The fourth-order valence-electron chi connectivity index (χ4n) is 4.12. The van der Waals surface area contributed by atoms with Crippen LogP contribution in [0.2, 0.25) is 5.02 Å². The highest BCUT2D eigenvalue weighted by molar-refractivity contribution is 7.10. The maximum Gasteiger partial charge on any atom is 0.242 e. The number of fused-ring (bicyclic) bond motifs is 1. The summed E-state index contributed by atoms with van der Waals surface area (Å²) in [6.07, 6.45) is 3.85. The minimum Gasteiger partial charge on any atom is -0.382 e. The summed E-state index contributed by atoms with van der Waals surface area (Å²) in [5.74, 6) is 0.0380. The smallest absolute Gasteiger partial charge is 0.242 e. The molecule has 7 heteroatoms. The van der Waals surface area contributed by atoms with Gasteiger partial charge in [0.2, 0.25) is 11.8 Å². The van der Waals surface area contributed by atoms with Gasteiger partial charge in [-0.2, -0.15) is 0 Å². The zero-order valence-corrected chi connectivity index (χ0v) is 20.6. The van der Waals surface area contributed by atoms with Gasteiger partial charge in [0, 0.05) is 42.6 Å². The van der Waals surface area contributed by atoms with E-state index >= 15 is 0 Å². The third-order valence-corrected chi connectivity index (χ3v) is 7.06. The topological polar surface area (TPSA) is 49.9 Å². The lowest BCUT2D eigenvalue weighted by Gasteiger charge is -2.37. The molecule has 2 heterocycles. The number of ether oxygens (including phenoxy) is 1. The van der Waals surface area contributed by atoms with Gasteiger partial charge >= 0.3 is 0 Å². The van der Waals surface area contributed by atoms with Gasteiger partial charge in [0.15, 0.2) is 0 Å². The molecule has 0 N–H and O–H groups in total. The second-order valence-electron chi connectivity index (χ2n) is 8.06. The van der Waals surface area contributed by atoms with Gasteiger partial charge in [-0.05, 0) is 60.9 Å².